The van der Waals surface area contributed by atoms with Crippen LogP contribution in [0.4, 0.5) is 5.69 Å². The fraction of sp³-hybridized carbons (Fsp3) is 0.364. The van der Waals surface area contributed by atoms with Crippen molar-refractivity contribution in [2.24, 2.45) is 0 Å². The molecular formula is C22H26N2O5S. The average Bonchev–Trinajstić information content (AvgIpc) is 3.04. The second kappa shape index (κ2) is 9.86. The maximum atomic E-state index is 13.1. The molecule has 0 unspecified atom stereocenters. The Labute approximate surface area is 177 Å². The van der Waals surface area contributed by atoms with Gasteiger partial charge in [0.2, 0.25) is 10.0 Å². The lowest BCUT2D eigenvalue weighted by atomic mass is 10.2. The molecule has 0 bridgehead atoms. The van der Waals surface area contributed by atoms with Gasteiger partial charge in [-0.3, -0.25) is 9.59 Å². The molecule has 1 heterocycles. The number of sulfonamides is 1. The van der Waals surface area contributed by atoms with Crippen LogP contribution in [0.1, 0.15) is 41.6 Å². The first kappa shape index (κ1) is 22.0. The van der Waals surface area contributed by atoms with Crippen LogP contribution in [-0.2, 0) is 14.8 Å². The quantitative estimate of drug-likeness (QED) is 0.680. The molecule has 2 aromatic carbocycles. The van der Waals surface area contributed by atoms with E-state index in [9.17, 15) is 18.0 Å². The van der Waals surface area contributed by atoms with Gasteiger partial charge in [-0.1, -0.05) is 31.0 Å². The van der Waals surface area contributed by atoms with Crippen molar-refractivity contribution in [3.05, 3.63) is 53.6 Å². The monoisotopic (exact) mass is 430 g/mol. The summed E-state index contributed by atoms with van der Waals surface area (Å²) in [6, 6.07) is 11.5. The van der Waals surface area contributed by atoms with Gasteiger partial charge in [-0.05, 0) is 49.6 Å². The normalized spacial score (nSPS) is 15.2. The number of amides is 1. The van der Waals surface area contributed by atoms with Crippen LogP contribution < -0.4 is 10.1 Å². The number of ether oxygens (including phenoxy) is 1. The minimum atomic E-state index is -3.63. The highest BCUT2D eigenvalue weighted by molar-refractivity contribution is 7.89. The van der Waals surface area contributed by atoms with Gasteiger partial charge in [-0.15, -0.1) is 0 Å². The van der Waals surface area contributed by atoms with Crippen LogP contribution in [0.15, 0.2) is 47.4 Å². The van der Waals surface area contributed by atoms with E-state index in [1.807, 2.05) is 0 Å². The van der Waals surface area contributed by atoms with E-state index in [0.29, 0.717) is 41.9 Å². The van der Waals surface area contributed by atoms with Crippen molar-refractivity contribution in [1.82, 2.24) is 4.31 Å². The smallest absolute Gasteiger partial charge is 0.262 e. The summed E-state index contributed by atoms with van der Waals surface area (Å²) in [5, 5.41) is 2.67. The zero-order valence-electron chi connectivity index (χ0n) is 17.0. The second-order valence-corrected chi connectivity index (χ2v) is 9.20. The number of carbonyl (C=O) groups is 2. The number of anilines is 1. The first-order valence-electron chi connectivity index (χ1n) is 9.99. The van der Waals surface area contributed by atoms with Gasteiger partial charge in [0.05, 0.1) is 10.5 Å². The summed E-state index contributed by atoms with van der Waals surface area (Å²) < 4.78 is 33.2. The van der Waals surface area contributed by atoms with E-state index in [-0.39, 0.29) is 11.5 Å². The summed E-state index contributed by atoms with van der Waals surface area (Å²) in [5.41, 5.74) is 1.37. The van der Waals surface area contributed by atoms with Gasteiger partial charge in [-0.2, -0.15) is 4.31 Å². The van der Waals surface area contributed by atoms with Crippen molar-refractivity contribution in [2.75, 3.05) is 25.0 Å². The fourth-order valence-electron chi connectivity index (χ4n) is 3.43. The van der Waals surface area contributed by atoms with Gasteiger partial charge < -0.3 is 10.1 Å². The van der Waals surface area contributed by atoms with E-state index in [1.165, 1.54) is 10.4 Å². The molecule has 1 amide bonds. The van der Waals surface area contributed by atoms with E-state index in [2.05, 4.69) is 5.32 Å². The number of aryl methyl sites for hydroxylation is 1. The van der Waals surface area contributed by atoms with Gasteiger partial charge in [0.1, 0.15) is 5.75 Å². The van der Waals surface area contributed by atoms with E-state index in [0.717, 1.165) is 25.7 Å². The van der Waals surface area contributed by atoms with Crippen LogP contribution in [0.25, 0.3) is 0 Å². The van der Waals surface area contributed by atoms with E-state index in [1.54, 1.807) is 43.3 Å². The van der Waals surface area contributed by atoms with Gasteiger partial charge in [-0.25, -0.2) is 8.42 Å². The topological polar surface area (TPSA) is 92.8 Å². The van der Waals surface area contributed by atoms with Crippen LogP contribution in [0.3, 0.4) is 0 Å². The fourth-order valence-corrected chi connectivity index (χ4v) is 5.19. The number of aldehydes is 1. The van der Waals surface area contributed by atoms with Gasteiger partial charge >= 0.3 is 0 Å². The molecule has 2 aromatic rings. The Morgan fingerprint density at radius 1 is 1.10 bits per heavy atom. The molecule has 1 saturated heterocycles. The van der Waals surface area contributed by atoms with Gasteiger partial charge in [0, 0.05) is 18.8 Å². The van der Waals surface area contributed by atoms with Crippen molar-refractivity contribution in [2.45, 2.75) is 37.5 Å². The number of carbonyl (C=O) groups excluding carboxylic acids is 2. The average molecular weight is 431 g/mol. The van der Waals surface area contributed by atoms with Crippen molar-refractivity contribution >= 4 is 27.9 Å². The first-order valence-corrected chi connectivity index (χ1v) is 11.4. The number of hydrogen-bond acceptors (Lipinski definition) is 5. The van der Waals surface area contributed by atoms with E-state index >= 15 is 0 Å². The maximum absolute atomic E-state index is 13.1. The Morgan fingerprint density at radius 3 is 2.50 bits per heavy atom. The zero-order valence-corrected chi connectivity index (χ0v) is 17.8. The number of nitrogens with one attached hydrogen (secondary N) is 1. The Morgan fingerprint density at radius 2 is 1.80 bits per heavy atom. The van der Waals surface area contributed by atoms with E-state index in [4.69, 9.17) is 4.74 Å². The molecule has 0 spiro atoms. The first-order chi connectivity index (χ1) is 14.4. The van der Waals surface area contributed by atoms with Gasteiger partial charge in [0.15, 0.2) is 12.9 Å². The third kappa shape index (κ3) is 5.25. The molecule has 0 atom stereocenters. The molecule has 1 fully saturated rings. The Balaban J connectivity index is 1.71. The van der Waals surface area contributed by atoms with Crippen LogP contribution in [-0.4, -0.2) is 44.6 Å². The molecule has 1 aliphatic rings. The summed E-state index contributed by atoms with van der Waals surface area (Å²) in [7, 11) is -3.63. The number of benzene rings is 2. The molecule has 0 aromatic heterocycles. The molecule has 0 saturated carbocycles. The molecule has 0 radical (unpaired) electrons. The van der Waals surface area contributed by atoms with Gasteiger partial charge in [0.25, 0.3) is 5.91 Å². The summed E-state index contributed by atoms with van der Waals surface area (Å²) in [6.07, 6.45) is 4.44. The molecule has 30 heavy (non-hydrogen) atoms. The number of rotatable bonds is 7. The maximum Gasteiger partial charge on any atom is 0.262 e. The standard InChI is InChI=1S/C22H26N2O5S/c1-17-10-11-19(14-21(17)30(27,28)24-12-6-2-3-7-13-24)23-22(26)16-29-20-9-5-4-8-18(20)15-25/h4-5,8-11,14-15H,2-3,6-7,12-13,16H2,1H3,(H,23,26). The van der Waals surface area contributed by atoms with Crippen LogP contribution in [0, 0.1) is 6.92 Å². The lowest BCUT2D eigenvalue weighted by Crippen LogP contribution is -2.32. The lowest BCUT2D eigenvalue weighted by molar-refractivity contribution is -0.118. The summed E-state index contributed by atoms with van der Waals surface area (Å²) in [5.74, 6) is -0.131. The number of nitrogens with zero attached hydrogens (tertiary/aromatic N) is 1. The minimum absolute atomic E-state index is 0.203. The molecular weight excluding hydrogens is 404 g/mol. The lowest BCUT2D eigenvalue weighted by Gasteiger charge is -2.21. The zero-order chi connectivity index (χ0) is 21.6. The van der Waals surface area contributed by atoms with E-state index < -0.39 is 15.9 Å². The van der Waals surface area contributed by atoms with Crippen molar-refractivity contribution in [1.29, 1.82) is 0 Å². The van der Waals surface area contributed by atoms with Crippen LogP contribution in [0.5, 0.6) is 5.75 Å². The van der Waals surface area contributed by atoms with Crippen molar-refractivity contribution < 1.29 is 22.7 Å². The predicted octanol–water partition coefficient (Wildman–Crippen LogP) is 3.39. The SMILES string of the molecule is Cc1ccc(NC(=O)COc2ccccc2C=O)cc1S(=O)(=O)N1CCCCCC1. The molecule has 0 aliphatic carbocycles. The number of para-hydroxylation sites is 1. The molecule has 1 N–H and O–H groups in total. The summed E-state index contributed by atoms with van der Waals surface area (Å²) in [6.45, 7) is 2.48. The Bertz CT molecular complexity index is 1010. The van der Waals surface area contributed by atoms with Crippen molar-refractivity contribution in [3.8, 4) is 5.75 Å². The Kier molecular flexibility index (Phi) is 7.23. The van der Waals surface area contributed by atoms with Crippen LogP contribution in [0.2, 0.25) is 0 Å². The molecule has 8 heteroatoms. The largest absolute Gasteiger partial charge is 0.483 e. The minimum Gasteiger partial charge on any atom is -0.483 e. The summed E-state index contributed by atoms with van der Waals surface area (Å²) >= 11 is 0. The molecule has 7 nitrogen and oxygen atoms in total. The highest BCUT2D eigenvalue weighted by Gasteiger charge is 2.27. The highest BCUT2D eigenvalue weighted by atomic mass is 32.2. The second-order valence-electron chi connectivity index (χ2n) is 7.29. The third-order valence-electron chi connectivity index (χ3n) is 5.06. The predicted molar refractivity (Wildman–Crippen MR) is 114 cm³/mol. The highest BCUT2D eigenvalue weighted by Crippen LogP contribution is 2.26. The number of hydrogen-bond donors (Lipinski definition) is 1. The Hall–Kier alpha value is -2.71. The summed E-state index contributed by atoms with van der Waals surface area (Å²) in [4.78, 5) is 23.5. The van der Waals surface area contributed by atoms with Crippen LogP contribution >= 0.6 is 0 Å². The third-order valence-corrected chi connectivity index (χ3v) is 7.10. The molecule has 1 aliphatic heterocycles. The molecule has 160 valence electrons. The molecule has 3 rings (SSSR count). The van der Waals surface area contributed by atoms with Crippen molar-refractivity contribution in [3.63, 3.8) is 0 Å².